The third kappa shape index (κ3) is 2.97. The average molecular weight is 350 g/mol. The molecule has 0 saturated heterocycles. The predicted octanol–water partition coefficient (Wildman–Crippen LogP) is -1.18. The zero-order valence-electron chi connectivity index (χ0n) is 11.6. The van der Waals surface area contributed by atoms with Gasteiger partial charge in [0.1, 0.15) is 17.9 Å². The largest absolute Gasteiger partial charge is 0.542 e. The Morgan fingerprint density at radius 1 is 1.48 bits per heavy atom. The molecule has 10 heteroatoms. The number of hydrogen-bond donors (Lipinski definition) is 2. The van der Waals surface area contributed by atoms with Gasteiger partial charge in [0, 0.05) is 18.8 Å². The summed E-state index contributed by atoms with van der Waals surface area (Å²) in [6, 6.07) is -0.107. The number of alkyl halides is 3. The third-order valence-corrected chi connectivity index (χ3v) is 3.83. The highest BCUT2D eigenvalue weighted by Crippen LogP contribution is 2.37. The van der Waals surface area contributed by atoms with Crippen LogP contribution in [0.5, 0.6) is 0 Å². The molecule has 0 saturated carbocycles. The maximum atomic E-state index is 11.9. The number of aliphatic carboxylic acids is 1. The molecule has 2 heterocycles. The standard InChI is InChI=1S/C11H10ClN3O.C2HF3O2/c1-15-3-2-5-4-14-9-6(5)10(15)7(12)8(13)11(9)16;3-2(4,5)1(6)7/h2-4,10,14H,13H2,1H3;(H,6,7). The zero-order chi connectivity index (χ0) is 17.5. The first kappa shape index (κ1) is 17.1. The molecular weight excluding hydrogens is 339 g/mol. The number of Topliss-reactive ketones (excluding diaryl/α,β-unsaturated/α-hetero) is 1. The SMILES string of the molecule is CN1C=CC2=C[NH2+]C3=C2C1C(Cl)=C(N)C3=O.O=C([O-])C(F)(F)F. The van der Waals surface area contributed by atoms with Gasteiger partial charge in [0.25, 0.3) is 5.78 Å². The molecule has 3 aliphatic rings. The zero-order valence-corrected chi connectivity index (χ0v) is 12.4. The first-order chi connectivity index (χ1) is 10.6. The molecule has 6 nitrogen and oxygen atoms in total. The summed E-state index contributed by atoms with van der Waals surface area (Å²) in [5.74, 6) is -3.17. The van der Waals surface area contributed by atoms with Gasteiger partial charge in [0.15, 0.2) is 5.70 Å². The van der Waals surface area contributed by atoms with E-state index in [1.807, 2.05) is 35.7 Å². The van der Waals surface area contributed by atoms with Crippen molar-refractivity contribution in [2.24, 2.45) is 5.73 Å². The van der Waals surface area contributed by atoms with Gasteiger partial charge in [-0.25, -0.2) is 0 Å². The molecule has 1 aliphatic carbocycles. The summed E-state index contributed by atoms with van der Waals surface area (Å²) in [6.07, 6.45) is 0.665. The Bertz CT molecular complexity index is 707. The number of rotatable bonds is 0. The smallest absolute Gasteiger partial charge is 0.430 e. The second-order valence-corrected chi connectivity index (χ2v) is 5.28. The van der Waals surface area contributed by atoms with Crippen molar-refractivity contribution in [1.82, 2.24) is 4.90 Å². The molecule has 2 aliphatic heterocycles. The van der Waals surface area contributed by atoms with Crippen LogP contribution in [0.4, 0.5) is 13.2 Å². The highest BCUT2D eigenvalue weighted by Gasteiger charge is 2.43. The molecule has 0 fully saturated rings. The number of hydrogen-bond acceptors (Lipinski definition) is 5. The lowest BCUT2D eigenvalue weighted by atomic mass is 9.88. The van der Waals surface area contributed by atoms with E-state index in [1.165, 1.54) is 0 Å². The highest BCUT2D eigenvalue weighted by molar-refractivity contribution is 6.34. The Hall–Kier alpha value is -2.26. The predicted molar refractivity (Wildman–Crippen MR) is 70.9 cm³/mol. The topological polar surface area (TPSA) is 103 Å². The van der Waals surface area contributed by atoms with Crippen molar-refractivity contribution in [2.75, 3.05) is 7.05 Å². The molecule has 1 atom stereocenters. The van der Waals surface area contributed by atoms with Crippen LogP contribution in [0.25, 0.3) is 0 Å². The summed E-state index contributed by atoms with van der Waals surface area (Å²) in [7, 11) is 1.92. The van der Waals surface area contributed by atoms with E-state index in [4.69, 9.17) is 27.2 Å². The van der Waals surface area contributed by atoms with Crippen LogP contribution in [0.3, 0.4) is 0 Å². The minimum atomic E-state index is -5.19. The normalized spacial score (nSPS) is 22.7. The summed E-state index contributed by atoms with van der Waals surface area (Å²) in [5, 5.41) is 11.0. The van der Waals surface area contributed by atoms with Gasteiger partial charge in [-0.05, 0) is 6.08 Å². The molecule has 0 aromatic heterocycles. The van der Waals surface area contributed by atoms with E-state index in [9.17, 15) is 18.0 Å². The molecule has 0 bridgehead atoms. The van der Waals surface area contributed by atoms with Crippen LogP contribution >= 0.6 is 11.6 Å². The molecule has 0 radical (unpaired) electrons. The van der Waals surface area contributed by atoms with Crippen molar-refractivity contribution in [3.63, 3.8) is 0 Å². The van der Waals surface area contributed by atoms with Crippen molar-refractivity contribution >= 4 is 23.4 Å². The van der Waals surface area contributed by atoms with Gasteiger partial charge in [0.2, 0.25) is 0 Å². The van der Waals surface area contributed by atoms with Crippen LogP contribution in [0.15, 0.2) is 46.0 Å². The fraction of sp³-hybridized carbons (Fsp3) is 0.231. The van der Waals surface area contributed by atoms with E-state index >= 15 is 0 Å². The van der Waals surface area contributed by atoms with Crippen LogP contribution in [0.2, 0.25) is 0 Å². The number of nitrogens with zero attached hydrogens (tertiary/aromatic N) is 1. The van der Waals surface area contributed by atoms with Crippen LogP contribution in [-0.2, 0) is 9.59 Å². The van der Waals surface area contributed by atoms with Gasteiger partial charge in [-0.2, -0.15) is 13.2 Å². The molecule has 4 N–H and O–H groups in total. The van der Waals surface area contributed by atoms with Crippen molar-refractivity contribution in [3.8, 4) is 0 Å². The molecule has 0 aromatic rings. The Balaban J connectivity index is 0.000000236. The Kier molecular flexibility index (Phi) is 4.27. The fourth-order valence-electron chi connectivity index (χ4n) is 2.35. The van der Waals surface area contributed by atoms with Crippen molar-refractivity contribution in [1.29, 1.82) is 0 Å². The van der Waals surface area contributed by atoms with Crippen LogP contribution in [0.1, 0.15) is 0 Å². The monoisotopic (exact) mass is 349 g/mol. The summed E-state index contributed by atoms with van der Waals surface area (Å²) in [4.78, 5) is 22.7. The first-order valence-electron chi connectivity index (χ1n) is 6.23. The van der Waals surface area contributed by atoms with Crippen LogP contribution < -0.4 is 16.2 Å². The number of carboxylic acids is 1. The minimum absolute atomic E-state index is 0.107. The van der Waals surface area contributed by atoms with E-state index < -0.39 is 12.1 Å². The van der Waals surface area contributed by atoms with Crippen molar-refractivity contribution in [2.45, 2.75) is 12.2 Å². The molecule has 124 valence electrons. The molecule has 0 spiro atoms. The first-order valence-corrected chi connectivity index (χ1v) is 6.61. The van der Waals surface area contributed by atoms with E-state index in [1.54, 1.807) is 0 Å². The summed E-state index contributed by atoms with van der Waals surface area (Å²) in [6.45, 7) is 0. The molecule has 23 heavy (non-hydrogen) atoms. The van der Waals surface area contributed by atoms with Crippen LogP contribution in [0, 0.1) is 0 Å². The van der Waals surface area contributed by atoms with Gasteiger partial charge in [-0.3, -0.25) is 10.1 Å². The van der Waals surface area contributed by atoms with Crippen LogP contribution in [-0.4, -0.2) is 35.9 Å². The number of carbonyl (C=O) groups is 2. The molecular formula is C13H11ClF3N3O3. The third-order valence-electron chi connectivity index (χ3n) is 3.42. The van der Waals surface area contributed by atoms with Gasteiger partial charge in [0.05, 0.1) is 16.6 Å². The number of ketones is 1. The number of halogens is 4. The molecule has 3 rings (SSSR count). The second kappa shape index (κ2) is 5.74. The second-order valence-electron chi connectivity index (χ2n) is 4.88. The van der Waals surface area contributed by atoms with E-state index in [0.717, 1.165) is 11.1 Å². The number of quaternary nitrogens is 1. The Morgan fingerprint density at radius 3 is 2.57 bits per heavy atom. The highest BCUT2D eigenvalue weighted by atomic mass is 35.5. The average Bonchev–Trinajstić information content (AvgIpc) is 2.87. The minimum Gasteiger partial charge on any atom is -0.542 e. The van der Waals surface area contributed by atoms with E-state index in [0.29, 0.717) is 10.7 Å². The Morgan fingerprint density at radius 2 is 2.04 bits per heavy atom. The van der Waals surface area contributed by atoms with E-state index in [2.05, 4.69) is 0 Å². The molecule has 0 aromatic carbocycles. The number of carboxylic acid groups (broad SMARTS) is 1. The van der Waals surface area contributed by atoms with Crippen molar-refractivity contribution in [3.05, 3.63) is 46.0 Å². The number of allylic oxidation sites excluding steroid dienone is 1. The van der Waals surface area contributed by atoms with Gasteiger partial charge >= 0.3 is 6.18 Å². The maximum absolute atomic E-state index is 11.9. The Labute approximate surface area is 133 Å². The molecule has 1 unspecified atom stereocenters. The lowest BCUT2D eigenvalue weighted by molar-refractivity contribution is -0.525. The summed E-state index contributed by atoms with van der Waals surface area (Å²) in [5.41, 5.74) is 8.62. The fourth-order valence-corrected chi connectivity index (χ4v) is 2.70. The number of carbonyl (C=O) groups excluding carboxylic acids is 2. The quantitative estimate of drug-likeness (QED) is 0.573. The lowest BCUT2D eigenvalue weighted by Crippen LogP contribution is -2.77. The number of likely N-dealkylation sites (N-methyl/N-ethyl adjacent to an activating group) is 1. The van der Waals surface area contributed by atoms with E-state index in [-0.39, 0.29) is 17.5 Å². The van der Waals surface area contributed by atoms with Gasteiger partial charge in [-0.1, -0.05) is 11.6 Å². The maximum Gasteiger partial charge on any atom is 0.430 e. The summed E-state index contributed by atoms with van der Waals surface area (Å²) >= 11 is 6.17. The lowest BCUT2D eigenvalue weighted by Gasteiger charge is -2.33. The van der Waals surface area contributed by atoms with Crippen molar-refractivity contribution < 1.29 is 33.2 Å². The van der Waals surface area contributed by atoms with Gasteiger partial charge < -0.3 is 20.5 Å². The van der Waals surface area contributed by atoms with Gasteiger partial charge in [-0.15, -0.1) is 0 Å². The molecule has 0 amide bonds. The summed E-state index contributed by atoms with van der Waals surface area (Å²) < 4.78 is 31.5. The number of nitrogens with two attached hydrogens (primary N) is 2.